The van der Waals surface area contributed by atoms with Gasteiger partial charge in [0.1, 0.15) is 12.4 Å². The molecule has 6 heteroatoms. The van der Waals surface area contributed by atoms with Crippen LogP contribution in [0.1, 0.15) is 30.5 Å². The number of rotatable bonds is 7. The first kappa shape index (κ1) is 18.8. The molecule has 2 aromatic carbocycles. The Hall–Kier alpha value is -2.53. The Bertz CT molecular complexity index is 730. The minimum absolute atomic E-state index is 0.0329. The van der Waals surface area contributed by atoms with Gasteiger partial charge >= 0.3 is 5.97 Å². The van der Waals surface area contributed by atoms with Crippen LogP contribution in [0.25, 0.3) is 0 Å². The normalized spacial score (nSPS) is 11.5. The number of carbonyl (C=O) groups excluding carboxylic acids is 2. The van der Waals surface area contributed by atoms with Gasteiger partial charge in [0, 0.05) is 11.9 Å². The van der Waals surface area contributed by atoms with E-state index in [1.807, 2.05) is 18.2 Å². The highest BCUT2D eigenvalue weighted by molar-refractivity contribution is 6.30. The molecule has 1 atom stereocenters. The van der Waals surface area contributed by atoms with Gasteiger partial charge in [0.15, 0.2) is 0 Å². The summed E-state index contributed by atoms with van der Waals surface area (Å²) >= 11 is 5.88. The standard InChI is InChI=1S/C19H20ClNO4/c1-13(22)21-18(15-6-8-16(20)9-7-15)11-19(23)25-12-14-4-3-5-17(10-14)24-2/h3-10,18H,11-12H2,1-2H3,(H,21,22). The topological polar surface area (TPSA) is 64.6 Å². The summed E-state index contributed by atoms with van der Waals surface area (Å²) in [6, 6.07) is 13.8. The second-order valence-electron chi connectivity index (χ2n) is 5.52. The third kappa shape index (κ3) is 6.12. The van der Waals surface area contributed by atoms with Crippen molar-refractivity contribution in [2.45, 2.75) is 26.0 Å². The lowest BCUT2D eigenvalue weighted by Crippen LogP contribution is -2.28. The monoisotopic (exact) mass is 361 g/mol. The van der Waals surface area contributed by atoms with Gasteiger partial charge in [0.25, 0.3) is 0 Å². The maximum atomic E-state index is 12.2. The molecular formula is C19H20ClNO4. The van der Waals surface area contributed by atoms with Crippen LogP contribution in [0.4, 0.5) is 0 Å². The van der Waals surface area contributed by atoms with Crippen molar-refractivity contribution >= 4 is 23.5 Å². The van der Waals surface area contributed by atoms with E-state index in [0.29, 0.717) is 10.8 Å². The molecule has 0 radical (unpaired) electrons. The smallest absolute Gasteiger partial charge is 0.308 e. The number of carbonyl (C=O) groups is 2. The lowest BCUT2D eigenvalue weighted by Gasteiger charge is -2.18. The molecule has 0 aromatic heterocycles. The zero-order valence-corrected chi connectivity index (χ0v) is 14.9. The van der Waals surface area contributed by atoms with Crippen LogP contribution in [0.2, 0.25) is 5.02 Å². The van der Waals surface area contributed by atoms with E-state index in [9.17, 15) is 9.59 Å². The molecule has 0 aliphatic carbocycles. The molecule has 0 bridgehead atoms. The van der Waals surface area contributed by atoms with E-state index in [1.54, 1.807) is 37.4 Å². The Kier molecular flexibility index (Phi) is 6.83. The second-order valence-corrected chi connectivity index (χ2v) is 5.96. The maximum Gasteiger partial charge on any atom is 0.308 e. The molecule has 5 nitrogen and oxygen atoms in total. The molecule has 0 aliphatic heterocycles. The van der Waals surface area contributed by atoms with Gasteiger partial charge in [-0.15, -0.1) is 0 Å². The van der Waals surface area contributed by atoms with E-state index in [2.05, 4.69) is 5.32 Å². The summed E-state index contributed by atoms with van der Waals surface area (Å²) in [5, 5.41) is 3.35. The van der Waals surface area contributed by atoms with Gasteiger partial charge in [-0.05, 0) is 35.4 Å². The molecule has 1 N–H and O–H groups in total. The molecule has 2 aromatic rings. The number of benzene rings is 2. The zero-order valence-electron chi connectivity index (χ0n) is 14.1. The van der Waals surface area contributed by atoms with Gasteiger partial charge in [-0.3, -0.25) is 9.59 Å². The predicted molar refractivity (Wildman–Crippen MR) is 95.4 cm³/mol. The van der Waals surface area contributed by atoms with Crippen LogP contribution >= 0.6 is 11.6 Å². The quantitative estimate of drug-likeness (QED) is 0.764. The molecule has 2 rings (SSSR count). The lowest BCUT2D eigenvalue weighted by molar-refractivity contribution is -0.145. The summed E-state index contributed by atoms with van der Waals surface area (Å²) in [6.45, 7) is 1.55. The van der Waals surface area contributed by atoms with Crippen molar-refractivity contribution in [3.8, 4) is 5.75 Å². The van der Waals surface area contributed by atoms with E-state index in [0.717, 1.165) is 11.1 Å². The number of amides is 1. The highest BCUT2D eigenvalue weighted by Crippen LogP contribution is 2.21. The van der Waals surface area contributed by atoms with E-state index in [1.165, 1.54) is 6.92 Å². The van der Waals surface area contributed by atoms with Crippen LogP contribution in [0.15, 0.2) is 48.5 Å². The molecule has 0 saturated carbocycles. The number of methoxy groups -OCH3 is 1. The van der Waals surface area contributed by atoms with Crippen molar-refractivity contribution < 1.29 is 19.1 Å². The van der Waals surface area contributed by atoms with Crippen LogP contribution in [0, 0.1) is 0 Å². The summed E-state index contributed by atoms with van der Waals surface area (Å²) in [5.74, 6) is 0.0721. The summed E-state index contributed by atoms with van der Waals surface area (Å²) < 4.78 is 10.5. The van der Waals surface area contributed by atoms with E-state index < -0.39 is 12.0 Å². The summed E-state index contributed by atoms with van der Waals surface area (Å²) in [7, 11) is 1.58. The molecule has 1 unspecified atom stereocenters. The number of hydrogen-bond donors (Lipinski definition) is 1. The van der Waals surface area contributed by atoms with E-state index in [4.69, 9.17) is 21.1 Å². The minimum atomic E-state index is -0.465. The van der Waals surface area contributed by atoms with Crippen molar-refractivity contribution in [2.24, 2.45) is 0 Å². The van der Waals surface area contributed by atoms with Crippen molar-refractivity contribution in [3.05, 3.63) is 64.7 Å². The van der Waals surface area contributed by atoms with Crippen molar-refractivity contribution in [1.29, 1.82) is 0 Å². The molecule has 1 amide bonds. The maximum absolute atomic E-state index is 12.2. The van der Waals surface area contributed by atoms with Gasteiger partial charge in [0.2, 0.25) is 5.91 Å². The van der Waals surface area contributed by atoms with Gasteiger partial charge in [-0.25, -0.2) is 0 Å². The predicted octanol–water partition coefficient (Wildman–Crippen LogP) is 3.66. The number of esters is 1. The Morgan fingerprint density at radius 1 is 1.16 bits per heavy atom. The van der Waals surface area contributed by atoms with Crippen LogP contribution in [0.5, 0.6) is 5.75 Å². The minimum Gasteiger partial charge on any atom is -0.497 e. The van der Waals surface area contributed by atoms with Gasteiger partial charge in [-0.1, -0.05) is 35.9 Å². The SMILES string of the molecule is COc1cccc(COC(=O)CC(NC(C)=O)c2ccc(Cl)cc2)c1. The van der Waals surface area contributed by atoms with Crippen LogP contribution in [-0.2, 0) is 20.9 Å². The molecule has 132 valence electrons. The molecule has 0 aliphatic rings. The first-order valence-corrected chi connectivity index (χ1v) is 8.17. The number of nitrogens with one attached hydrogen (secondary N) is 1. The Labute approximate surface area is 151 Å². The lowest BCUT2D eigenvalue weighted by atomic mass is 10.0. The fourth-order valence-electron chi connectivity index (χ4n) is 2.34. The fourth-order valence-corrected chi connectivity index (χ4v) is 2.47. The summed E-state index contributed by atoms with van der Waals surface area (Å²) in [6.07, 6.45) is 0.0329. The number of ether oxygens (including phenoxy) is 2. The Balaban J connectivity index is 1.98. The summed E-state index contributed by atoms with van der Waals surface area (Å²) in [4.78, 5) is 23.6. The van der Waals surface area contributed by atoms with Crippen LogP contribution in [-0.4, -0.2) is 19.0 Å². The van der Waals surface area contributed by atoms with Gasteiger partial charge < -0.3 is 14.8 Å². The second kappa shape index (κ2) is 9.08. The average molecular weight is 362 g/mol. The van der Waals surface area contributed by atoms with Crippen molar-refractivity contribution in [2.75, 3.05) is 7.11 Å². The van der Waals surface area contributed by atoms with Crippen LogP contribution < -0.4 is 10.1 Å². The zero-order chi connectivity index (χ0) is 18.2. The Morgan fingerprint density at radius 2 is 1.88 bits per heavy atom. The molecule has 0 spiro atoms. The summed E-state index contributed by atoms with van der Waals surface area (Å²) in [5.41, 5.74) is 1.62. The Morgan fingerprint density at radius 3 is 2.52 bits per heavy atom. The molecule has 0 fully saturated rings. The fraction of sp³-hybridized carbons (Fsp3) is 0.263. The van der Waals surface area contributed by atoms with Crippen molar-refractivity contribution in [3.63, 3.8) is 0 Å². The highest BCUT2D eigenvalue weighted by atomic mass is 35.5. The van der Waals surface area contributed by atoms with Gasteiger partial charge in [0.05, 0.1) is 19.6 Å². The number of hydrogen-bond acceptors (Lipinski definition) is 4. The third-order valence-electron chi connectivity index (χ3n) is 3.55. The third-order valence-corrected chi connectivity index (χ3v) is 3.81. The number of halogens is 1. The molecule has 0 heterocycles. The van der Waals surface area contributed by atoms with Crippen LogP contribution in [0.3, 0.4) is 0 Å². The van der Waals surface area contributed by atoms with E-state index >= 15 is 0 Å². The first-order chi connectivity index (χ1) is 12.0. The average Bonchev–Trinajstić information content (AvgIpc) is 2.60. The van der Waals surface area contributed by atoms with E-state index in [-0.39, 0.29) is 18.9 Å². The van der Waals surface area contributed by atoms with Gasteiger partial charge in [-0.2, -0.15) is 0 Å². The first-order valence-electron chi connectivity index (χ1n) is 7.79. The van der Waals surface area contributed by atoms with Crippen molar-refractivity contribution in [1.82, 2.24) is 5.32 Å². The largest absolute Gasteiger partial charge is 0.497 e. The molecule has 25 heavy (non-hydrogen) atoms. The molecular weight excluding hydrogens is 342 g/mol. The highest BCUT2D eigenvalue weighted by Gasteiger charge is 2.18. The molecule has 0 saturated heterocycles.